The molecule has 1 N–H and O–H groups in total. The van der Waals surface area contributed by atoms with Crippen molar-refractivity contribution in [2.75, 3.05) is 18.6 Å². The van der Waals surface area contributed by atoms with Gasteiger partial charge in [0.05, 0.1) is 13.2 Å². The van der Waals surface area contributed by atoms with Gasteiger partial charge in [-0.3, -0.25) is 19.0 Å². The first-order valence-electron chi connectivity index (χ1n) is 11.9. The first kappa shape index (κ1) is 29.1. The van der Waals surface area contributed by atoms with Crippen LogP contribution in [0, 0.1) is 29.9 Å². The molecule has 0 spiro atoms. The van der Waals surface area contributed by atoms with Crippen LogP contribution in [0.2, 0.25) is 0 Å². The first-order chi connectivity index (χ1) is 19.3. The second-order valence-corrected chi connectivity index (χ2v) is 9.02. The van der Waals surface area contributed by atoms with Crippen molar-refractivity contribution < 1.29 is 41.0 Å². The molecule has 0 saturated carbocycles. The Labute approximate surface area is 229 Å². The second kappa shape index (κ2) is 11.3. The van der Waals surface area contributed by atoms with Gasteiger partial charge in [0.25, 0.3) is 11.5 Å². The van der Waals surface area contributed by atoms with Crippen LogP contribution >= 0.6 is 0 Å². The number of carbonyl (C=O) groups excluding carboxylic acids is 2. The summed E-state index contributed by atoms with van der Waals surface area (Å²) in [5.41, 5.74) is -1.24. The highest BCUT2D eigenvalue weighted by atomic mass is 19.4. The lowest BCUT2D eigenvalue weighted by atomic mass is 9.92. The maximum absolute atomic E-state index is 15.2. The van der Waals surface area contributed by atoms with Gasteiger partial charge in [0.15, 0.2) is 0 Å². The molecule has 1 unspecified atom stereocenters. The van der Waals surface area contributed by atoms with Crippen LogP contribution in [-0.2, 0) is 11.3 Å². The van der Waals surface area contributed by atoms with Gasteiger partial charge in [0, 0.05) is 41.9 Å². The van der Waals surface area contributed by atoms with Crippen LogP contribution in [0.3, 0.4) is 0 Å². The summed E-state index contributed by atoms with van der Waals surface area (Å²) in [6.07, 6.45) is -3.60. The fraction of sp³-hybridized carbons (Fsp3) is 0.259. The Bertz CT molecular complexity index is 1570. The van der Waals surface area contributed by atoms with Crippen LogP contribution in [0.5, 0.6) is 11.5 Å². The average molecular weight is 576 g/mol. The summed E-state index contributed by atoms with van der Waals surface area (Å²) in [7, 11) is 1.20. The third-order valence-electron chi connectivity index (χ3n) is 6.46. The number of hydrogen-bond donors (Lipinski definition) is 1. The highest BCUT2D eigenvalue weighted by molar-refractivity contribution is 6.05. The summed E-state index contributed by atoms with van der Waals surface area (Å²) < 4.78 is 77.5. The zero-order valence-electron chi connectivity index (χ0n) is 21.5. The molecule has 41 heavy (non-hydrogen) atoms. The number of nitriles is 1. The summed E-state index contributed by atoms with van der Waals surface area (Å²) >= 11 is 0. The third-order valence-corrected chi connectivity index (χ3v) is 6.46. The number of ether oxygens (including phenoxy) is 2. The topological polar surface area (TPSA) is 114 Å². The Kier molecular flexibility index (Phi) is 8.00. The third kappa shape index (κ3) is 5.98. The number of aryl methyl sites for hydroxylation is 1. The molecule has 2 amide bonds. The lowest BCUT2D eigenvalue weighted by Gasteiger charge is -2.20. The smallest absolute Gasteiger partial charge is 0.497 e. The molecule has 9 nitrogen and oxygen atoms in total. The van der Waals surface area contributed by atoms with E-state index in [-0.39, 0.29) is 23.5 Å². The van der Waals surface area contributed by atoms with E-state index >= 15 is 8.78 Å². The molecule has 214 valence electrons. The van der Waals surface area contributed by atoms with Gasteiger partial charge in [-0.15, -0.1) is 13.2 Å². The number of nitrogens with zero attached hydrogens (tertiary/aromatic N) is 3. The molecule has 14 heteroatoms. The highest BCUT2D eigenvalue weighted by Crippen LogP contribution is 2.36. The van der Waals surface area contributed by atoms with E-state index in [9.17, 15) is 27.6 Å². The van der Waals surface area contributed by atoms with Crippen molar-refractivity contribution in [3.63, 3.8) is 0 Å². The fourth-order valence-electron chi connectivity index (χ4n) is 4.60. The Morgan fingerprint density at radius 2 is 1.73 bits per heavy atom. The minimum atomic E-state index is -4.95. The van der Waals surface area contributed by atoms with E-state index in [0.717, 1.165) is 45.9 Å². The molecular formula is C27H21F5N4O5. The average Bonchev–Trinajstić information content (AvgIpc) is 3.20. The number of rotatable bonds is 7. The van der Waals surface area contributed by atoms with Crippen LogP contribution in [0.4, 0.5) is 27.6 Å². The Hall–Kier alpha value is -4.93. The molecule has 2 heterocycles. The molecule has 3 aromatic rings. The summed E-state index contributed by atoms with van der Waals surface area (Å²) in [6, 6.07) is 7.32. The molecule has 1 fully saturated rings. The normalized spacial score (nSPS) is 16.8. The quantitative estimate of drug-likeness (QED) is 0.429. The highest BCUT2D eigenvalue weighted by Gasteiger charge is 2.46. The van der Waals surface area contributed by atoms with E-state index in [4.69, 9.17) is 10.00 Å². The van der Waals surface area contributed by atoms with Gasteiger partial charge in [-0.1, -0.05) is 0 Å². The first-order valence-corrected chi connectivity index (χ1v) is 11.9. The van der Waals surface area contributed by atoms with E-state index in [2.05, 4.69) is 10.1 Å². The van der Waals surface area contributed by atoms with E-state index < -0.39 is 65.2 Å². The van der Waals surface area contributed by atoms with Crippen LogP contribution in [0.25, 0.3) is 0 Å². The zero-order chi connectivity index (χ0) is 30.1. The molecular weight excluding hydrogens is 555 g/mol. The molecule has 2 aromatic carbocycles. The van der Waals surface area contributed by atoms with Gasteiger partial charge in [-0.05, 0) is 42.8 Å². The number of anilines is 1. The van der Waals surface area contributed by atoms with Gasteiger partial charge in [0.1, 0.15) is 41.4 Å². The number of benzene rings is 2. The predicted molar refractivity (Wildman–Crippen MR) is 133 cm³/mol. The number of nitrogens with one attached hydrogen (secondary N) is 1. The Morgan fingerprint density at radius 3 is 2.29 bits per heavy atom. The SMILES string of the molecule is COc1cc(F)c([C@@H]2CN(c3c(C)ccn(CC#N)c3=O)C(=O)C2NC(=O)c2ccc(OC(F)(F)F)cc2)c(F)c1. The number of alkyl halides is 3. The Balaban J connectivity index is 1.75. The number of aromatic nitrogens is 1. The van der Waals surface area contributed by atoms with Crippen LogP contribution < -0.4 is 25.2 Å². The maximum Gasteiger partial charge on any atom is 0.573 e. The van der Waals surface area contributed by atoms with Crippen LogP contribution in [-0.4, -0.2) is 42.4 Å². The molecule has 4 rings (SSSR count). The predicted octanol–water partition coefficient (Wildman–Crippen LogP) is 3.79. The molecule has 1 aromatic heterocycles. The van der Waals surface area contributed by atoms with Crippen LogP contribution in [0.1, 0.15) is 27.4 Å². The van der Waals surface area contributed by atoms with Gasteiger partial charge in [-0.2, -0.15) is 5.26 Å². The number of halogens is 5. The van der Waals surface area contributed by atoms with E-state index in [1.165, 1.54) is 26.3 Å². The van der Waals surface area contributed by atoms with Crippen molar-refractivity contribution in [1.82, 2.24) is 9.88 Å². The lowest BCUT2D eigenvalue weighted by Crippen LogP contribution is -2.44. The largest absolute Gasteiger partial charge is 0.573 e. The van der Waals surface area contributed by atoms with Gasteiger partial charge >= 0.3 is 6.36 Å². The molecule has 0 bridgehead atoms. The van der Waals surface area contributed by atoms with Crippen molar-refractivity contribution >= 4 is 17.5 Å². The summed E-state index contributed by atoms with van der Waals surface area (Å²) in [4.78, 5) is 40.8. The van der Waals surface area contributed by atoms with E-state index in [1.807, 2.05) is 6.07 Å². The molecule has 0 radical (unpaired) electrons. The lowest BCUT2D eigenvalue weighted by molar-refractivity contribution is -0.274. The monoisotopic (exact) mass is 576 g/mol. The molecule has 2 atom stereocenters. The van der Waals surface area contributed by atoms with Gasteiger partial charge in [-0.25, -0.2) is 8.78 Å². The fourth-order valence-corrected chi connectivity index (χ4v) is 4.60. The van der Waals surface area contributed by atoms with Crippen molar-refractivity contribution in [2.45, 2.75) is 31.8 Å². The standard InChI is InChI=1S/C27H21F5N4O5/c1-14-7-9-35(10-8-33)26(39)23(14)36-13-18(21-19(28)11-17(40-2)12-20(21)29)22(25(36)38)34-24(37)15-3-5-16(6-4-15)41-27(30,31)32/h3-7,9,11-12,18,22H,10,13H2,1-2H3,(H,34,37)/t18-,22?/m0/s1. The van der Waals surface area contributed by atoms with Crippen molar-refractivity contribution in [3.05, 3.63) is 87.3 Å². The number of pyridine rings is 1. The minimum absolute atomic E-state index is 0.134. The number of hydrogen-bond acceptors (Lipinski definition) is 6. The van der Waals surface area contributed by atoms with Crippen molar-refractivity contribution in [1.29, 1.82) is 5.26 Å². The molecule has 1 aliphatic rings. The van der Waals surface area contributed by atoms with E-state index in [1.54, 1.807) is 0 Å². The van der Waals surface area contributed by atoms with Crippen LogP contribution in [0.15, 0.2) is 53.5 Å². The van der Waals surface area contributed by atoms with Gasteiger partial charge < -0.3 is 19.7 Å². The molecule has 1 saturated heterocycles. The number of amides is 2. The summed E-state index contributed by atoms with van der Waals surface area (Å²) in [5.74, 6) is -6.01. The Morgan fingerprint density at radius 1 is 1.10 bits per heavy atom. The summed E-state index contributed by atoms with van der Waals surface area (Å²) in [5, 5.41) is 11.4. The molecule has 1 aliphatic heterocycles. The van der Waals surface area contributed by atoms with E-state index in [0.29, 0.717) is 5.56 Å². The number of methoxy groups -OCH3 is 1. The molecule has 0 aliphatic carbocycles. The van der Waals surface area contributed by atoms with Crippen molar-refractivity contribution in [2.24, 2.45) is 0 Å². The number of carbonyl (C=O) groups is 2. The zero-order valence-corrected chi connectivity index (χ0v) is 21.5. The minimum Gasteiger partial charge on any atom is -0.497 e. The van der Waals surface area contributed by atoms with Gasteiger partial charge in [0.2, 0.25) is 5.91 Å². The second-order valence-electron chi connectivity index (χ2n) is 9.02. The van der Waals surface area contributed by atoms with Crippen molar-refractivity contribution in [3.8, 4) is 17.6 Å². The maximum atomic E-state index is 15.2. The summed E-state index contributed by atoms with van der Waals surface area (Å²) in [6.45, 7) is 0.781.